The molecule has 1 heterocycles. The lowest BCUT2D eigenvalue weighted by molar-refractivity contribution is 0.523. The first-order valence-electron chi connectivity index (χ1n) is 6.81. The van der Waals surface area contributed by atoms with E-state index in [4.69, 9.17) is 0 Å². The molecule has 0 bridgehead atoms. The van der Waals surface area contributed by atoms with E-state index in [0.717, 1.165) is 44.2 Å². The summed E-state index contributed by atoms with van der Waals surface area (Å²) in [6, 6.07) is 0. The van der Waals surface area contributed by atoms with Crippen LogP contribution < -0.4 is 5.32 Å². The second-order valence-electron chi connectivity index (χ2n) is 4.95. The Morgan fingerprint density at radius 2 is 2.18 bits per heavy atom. The van der Waals surface area contributed by atoms with Crippen LogP contribution in [0.3, 0.4) is 0 Å². The molecule has 0 aliphatic rings. The van der Waals surface area contributed by atoms with Gasteiger partial charge in [0.1, 0.15) is 12.2 Å². The summed E-state index contributed by atoms with van der Waals surface area (Å²) in [5.41, 5.74) is 0. The molecule has 0 aromatic carbocycles. The molecule has 1 aromatic heterocycles. The molecule has 0 unspecified atom stereocenters. The molecule has 0 radical (unpaired) electrons. The first kappa shape index (κ1) is 14.2. The number of nitrogens with zero attached hydrogens (tertiary/aromatic N) is 3. The van der Waals surface area contributed by atoms with Crippen molar-refractivity contribution in [3.63, 3.8) is 0 Å². The van der Waals surface area contributed by atoms with Crippen LogP contribution in [0.4, 0.5) is 0 Å². The van der Waals surface area contributed by atoms with Gasteiger partial charge in [-0.15, -0.1) is 0 Å². The molecule has 0 amide bonds. The molecule has 0 aliphatic carbocycles. The molecular formula is C13H26N4. The molecule has 1 aromatic rings. The molecule has 4 nitrogen and oxygen atoms in total. The SMILES string of the molecule is CCCn1ncnc1CCCCNCC(C)C. The van der Waals surface area contributed by atoms with Crippen molar-refractivity contribution in [3.05, 3.63) is 12.2 Å². The van der Waals surface area contributed by atoms with Crippen LogP contribution in [0.5, 0.6) is 0 Å². The van der Waals surface area contributed by atoms with Crippen molar-refractivity contribution >= 4 is 0 Å². The second kappa shape index (κ2) is 8.23. The van der Waals surface area contributed by atoms with Gasteiger partial charge in [-0.3, -0.25) is 4.68 Å². The van der Waals surface area contributed by atoms with E-state index in [9.17, 15) is 0 Å². The number of nitrogens with one attached hydrogen (secondary N) is 1. The molecule has 0 aliphatic heterocycles. The Morgan fingerprint density at radius 3 is 2.88 bits per heavy atom. The van der Waals surface area contributed by atoms with Gasteiger partial charge in [0.25, 0.3) is 0 Å². The molecule has 0 saturated carbocycles. The average Bonchev–Trinajstić information content (AvgIpc) is 2.71. The minimum atomic E-state index is 0.739. The zero-order valence-electron chi connectivity index (χ0n) is 11.4. The molecular weight excluding hydrogens is 212 g/mol. The van der Waals surface area contributed by atoms with Crippen molar-refractivity contribution in [1.82, 2.24) is 20.1 Å². The van der Waals surface area contributed by atoms with Crippen LogP contribution >= 0.6 is 0 Å². The van der Waals surface area contributed by atoms with E-state index in [2.05, 4.69) is 36.2 Å². The Kier molecular flexibility index (Phi) is 6.86. The normalized spacial score (nSPS) is 11.3. The Balaban J connectivity index is 2.11. The van der Waals surface area contributed by atoms with Crippen molar-refractivity contribution in [2.24, 2.45) is 5.92 Å². The molecule has 98 valence electrons. The van der Waals surface area contributed by atoms with E-state index in [1.807, 2.05) is 4.68 Å². The maximum Gasteiger partial charge on any atom is 0.138 e. The van der Waals surface area contributed by atoms with Gasteiger partial charge in [0.2, 0.25) is 0 Å². The van der Waals surface area contributed by atoms with E-state index in [0.29, 0.717) is 0 Å². The Bertz CT molecular complexity index is 293. The topological polar surface area (TPSA) is 42.7 Å². The standard InChI is InChI=1S/C13H26N4/c1-4-9-17-13(15-11-16-17)7-5-6-8-14-10-12(2)3/h11-12,14H,4-10H2,1-3H3. The molecule has 4 heteroatoms. The maximum atomic E-state index is 4.31. The van der Waals surface area contributed by atoms with Crippen LogP contribution in [-0.2, 0) is 13.0 Å². The predicted octanol–water partition coefficient (Wildman–Crippen LogP) is 2.26. The Morgan fingerprint density at radius 1 is 1.35 bits per heavy atom. The smallest absolute Gasteiger partial charge is 0.138 e. The van der Waals surface area contributed by atoms with Gasteiger partial charge >= 0.3 is 0 Å². The zero-order valence-corrected chi connectivity index (χ0v) is 11.4. The van der Waals surface area contributed by atoms with E-state index in [1.165, 1.54) is 12.8 Å². The van der Waals surface area contributed by atoms with Crippen LogP contribution in [0.15, 0.2) is 6.33 Å². The molecule has 17 heavy (non-hydrogen) atoms. The fourth-order valence-electron chi connectivity index (χ4n) is 1.80. The lowest BCUT2D eigenvalue weighted by Gasteiger charge is -2.07. The summed E-state index contributed by atoms with van der Waals surface area (Å²) in [5.74, 6) is 1.87. The average molecular weight is 238 g/mol. The first-order chi connectivity index (χ1) is 8.24. The van der Waals surface area contributed by atoms with E-state index < -0.39 is 0 Å². The summed E-state index contributed by atoms with van der Waals surface area (Å²) in [6.07, 6.45) is 6.23. The van der Waals surface area contributed by atoms with Gasteiger partial charge in [-0.25, -0.2) is 4.98 Å². The number of rotatable bonds is 9. The highest BCUT2D eigenvalue weighted by Gasteiger charge is 2.02. The number of unbranched alkanes of at least 4 members (excludes halogenated alkanes) is 1. The number of hydrogen-bond donors (Lipinski definition) is 1. The third-order valence-corrected chi connectivity index (χ3v) is 2.69. The van der Waals surface area contributed by atoms with Gasteiger partial charge in [-0.2, -0.15) is 5.10 Å². The van der Waals surface area contributed by atoms with E-state index >= 15 is 0 Å². The summed E-state index contributed by atoms with van der Waals surface area (Å²) >= 11 is 0. The van der Waals surface area contributed by atoms with Crippen LogP contribution in [-0.4, -0.2) is 27.9 Å². The third-order valence-electron chi connectivity index (χ3n) is 2.69. The van der Waals surface area contributed by atoms with Crippen molar-refractivity contribution in [2.75, 3.05) is 13.1 Å². The highest BCUT2D eigenvalue weighted by atomic mass is 15.3. The minimum Gasteiger partial charge on any atom is -0.316 e. The van der Waals surface area contributed by atoms with Crippen LogP contribution in [0.2, 0.25) is 0 Å². The first-order valence-corrected chi connectivity index (χ1v) is 6.81. The lowest BCUT2D eigenvalue weighted by Crippen LogP contribution is -2.20. The van der Waals surface area contributed by atoms with Gasteiger partial charge in [0.05, 0.1) is 0 Å². The Labute approximate surface area is 105 Å². The molecule has 0 saturated heterocycles. The molecule has 1 rings (SSSR count). The van der Waals surface area contributed by atoms with Crippen LogP contribution in [0.1, 0.15) is 45.9 Å². The number of hydrogen-bond acceptors (Lipinski definition) is 3. The zero-order chi connectivity index (χ0) is 12.5. The fourth-order valence-corrected chi connectivity index (χ4v) is 1.80. The van der Waals surface area contributed by atoms with Crippen LogP contribution in [0.25, 0.3) is 0 Å². The van der Waals surface area contributed by atoms with E-state index in [-0.39, 0.29) is 0 Å². The second-order valence-corrected chi connectivity index (χ2v) is 4.95. The van der Waals surface area contributed by atoms with Gasteiger partial charge in [-0.1, -0.05) is 20.8 Å². The van der Waals surface area contributed by atoms with Gasteiger partial charge in [-0.05, 0) is 38.3 Å². The van der Waals surface area contributed by atoms with E-state index in [1.54, 1.807) is 6.33 Å². The summed E-state index contributed by atoms with van der Waals surface area (Å²) in [4.78, 5) is 4.31. The summed E-state index contributed by atoms with van der Waals surface area (Å²) in [6.45, 7) is 9.86. The molecule has 0 spiro atoms. The molecule has 1 N–H and O–H groups in total. The highest BCUT2D eigenvalue weighted by Crippen LogP contribution is 2.02. The fraction of sp³-hybridized carbons (Fsp3) is 0.846. The molecule has 0 atom stereocenters. The summed E-state index contributed by atoms with van der Waals surface area (Å²) in [5, 5.41) is 7.70. The minimum absolute atomic E-state index is 0.739. The predicted molar refractivity (Wildman–Crippen MR) is 71.0 cm³/mol. The molecule has 0 fully saturated rings. The van der Waals surface area contributed by atoms with Gasteiger partial charge in [0, 0.05) is 13.0 Å². The quantitative estimate of drug-likeness (QED) is 0.671. The van der Waals surface area contributed by atoms with Crippen LogP contribution in [0, 0.1) is 5.92 Å². The summed E-state index contributed by atoms with van der Waals surface area (Å²) < 4.78 is 2.03. The van der Waals surface area contributed by atoms with Gasteiger partial charge < -0.3 is 5.32 Å². The van der Waals surface area contributed by atoms with Crippen molar-refractivity contribution in [1.29, 1.82) is 0 Å². The largest absolute Gasteiger partial charge is 0.316 e. The van der Waals surface area contributed by atoms with Crippen molar-refractivity contribution in [2.45, 2.75) is 53.0 Å². The van der Waals surface area contributed by atoms with Crippen molar-refractivity contribution < 1.29 is 0 Å². The highest BCUT2D eigenvalue weighted by molar-refractivity contribution is 4.84. The number of aryl methyl sites for hydroxylation is 2. The monoisotopic (exact) mass is 238 g/mol. The van der Waals surface area contributed by atoms with Gasteiger partial charge in [0.15, 0.2) is 0 Å². The number of aromatic nitrogens is 3. The maximum absolute atomic E-state index is 4.31. The Hall–Kier alpha value is -0.900. The summed E-state index contributed by atoms with van der Waals surface area (Å²) in [7, 11) is 0. The van der Waals surface area contributed by atoms with Crippen molar-refractivity contribution in [3.8, 4) is 0 Å². The lowest BCUT2D eigenvalue weighted by atomic mass is 10.2. The third kappa shape index (κ3) is 5.82.